The standard InChI is InChI=1S/C5H9BrO2.C5H9O2.BrH.Zn/c1-4(2)8-5(7)3-6;1-4(2)7-5(3)6;;/h4H,3H2,1-2H3;4H,3H2,1-2H3;1H;/q;-1;;+2/p-1. The van der Waals surface area contributed by atoms with Gasteiger partial charge in [0.05, 0.1) is 12.2 Å². The Balaban J connectivity index is -0.000000202. The van der Waals surface area contributed by atoms with E-state index in [0.717, 1.165) is 0 Å². The molecule has 0 radical (unpaired) electrons. The molecule has 0 aromatic rings. The summed E-state index contributed by atoms with van der Waals surface area (Å²) in [5.41, 5.74) is 0. The van der Waals surface area contributed by atoms with E-state index in [4.69, 9.17) is 4.74 Å². The van der Waals surface area contributed by atoms with Crippen molar-refractivity contribution < 1.29 is 35.4 Å². The van der Waals surface area contributed by atoms with E-state index in [1.165, 1.54) is 16.3 Å². The molecule has 0 aromatic carbocycles. The van der Waals surface area contributed by atoms with Gasteiger partial charge in [0.25, 0.3) is 0 Å². The van der Waals surface area contributed by atoms with Crippen LogP contribution in [0.2, 0.25) is 0 Å². The van der Waals surface area contributed by atoms with Gasteiger partial charge in [-0.1, -0.05) is 15.9 Å². The third kappa shape index (κ3) is 31.4. The van der Waals surface area contributed by atoms with Crippen LogP contribution in [0.3, 0.4) is 0 Å². The normalized spacial score (nSPS) is 8.59. The molecular weight excluding hydrogens is 409 g/mol. The van der Waals surface area contributed by atoms with Crippen LogP contribution in [0.4, 0.5) is 0 Å². The Hall–Kier alpha value is 0.393. The Labute approximate surface area is 128 Å². The van der Waals surface area contributed by atoms with Gasteiger partial charge < -0.3 is 9.47 Å². The Morgan fingerprint density at radius 2 is 1.47 bits per heavy atom. The molecule has 7 heteroatoms. The van der Waals surface area contributed by atoms with Crippen LogP contribution in [0.1, 0.15) is 27.7 Å². The number of hydrogen-bond donors (Lipinski definition) is 0. The fraction of sp³-hybridized carbons (Fsp3) is 0.700. The van der Waals surface area contributed by atoms with Crippen LogP contribution in [0, 0.1) is 6.92 Å². The van der Waals surface area contributed by atoms with Crippen molar-refractivity contribution in [3.8, 4) is 0 Å². The van der Waals surface area contributed by atoms with Crippen LogP contribution >= 0.6 is 29.6 Å². The number of alkyl halides is 1. The van der Waals surface area contributed by atoms with Gasteiger partial charge in [0.15, 0.2) is 5.97 Å². The molecule has 0 spiro atoms. The van der Waals surface area contributed by atoms with Gasteiger partial charge >= 0.3 is 35.9 Å². The van der Waals surface area contributed by atoms with Gasteiger partial charge in [-0.05, 0) is 27.7 Å². The van der Waals surface area contributed by atoms with Crippen LogP contribution in [0.25, 0.3) is 0 Å². The first-order chi connectivity index (χ1) is 7.79. The maximum absolute atomic E-state index is 10.4. The zero-order chi connectivity index (χ0) is 14.4. The van der Waals surface area contributed by atoms with Crippen LogP contribution in [0.15, 0.2) is 0 Å². The molecule has 0 aliphatic heterocycles. The summed E-state index contributed by atoms with van der Waals surface area (Å²) >= 11 is 7.22. The zero-order valence-corrected chi connectivity index (χ0v) is 16.8. The summed E-state index contributed by atoms with van der Waals surface area (Å²) in [6, 6.07) is 0. The second-order valence-corrected chi connectivity index (χ2v) is 3.77. The molecule has 17 heavy (non-hydrogen) atoms. The molecule has 0 unspecified atom stereocenters. The average Bonchev–Trinajstić information content (AvgIpc) is 2.18. The number of rotatable bonds is 3. The first-order valence-electron chi connectivity index (χ1n) is 4.84. The summed E-state index contributed by atoms with van der Waals surface area (Å²) < 4.78 is 9.21. The number of carbonyl (C=O) groups is 2. The molecule has 98 valence electrons. The van der Waals surface area contributed by atoms with Crippen molar-refractivity contribution in [1.82, 2.24) is 0 Å². The Kier molecular flexibility index (Phi) is 21.8. The summed E-state index contributed by atoms with van der Waals surface area (Å²) in [7, 11) is 0. The van der Waals surface area contributed by atoms with Crippen molar-refractivity contribution in [1.29, 1.82) is 0 Å². The summed E-state index contributed by atoms with van der Waals surface area (Å²) in [5.74, 6) is -0.671. The second-order valence-electron chi connectivity index (χ2n) is 3.21. The molecule has 0 saturated carbocycles. The van der Waals surface area contributed by atoms with Crippen molar-refractivity contribution in [3.63, 3.8) is 0 Å². The third-order valence-electron chi connectivity index (χ3n) is 0.843. The van der Waals surface area contributed by atoms with Crippen LogP contribution in [-0.4, -0.2) is 29.5 Å². The van der Waals surface area contributed by atoms with Crippen LogP contribution < -0.4 is 0 Å². The topological polar surface area (TPSA) is 52.6 Å². The Morgan fingerprint density at radius 1 is 1.12 bits per heavy atom. The number of ether oxygens (including phenoxy) is 2. The molecule has 0 N–H and O–H groups in total. The quantitative estimate of drug-likeness (QED) is 0.301. The van der Waals surface area contributed by atoms with E-state index in [0.29, 0.717) is 0 Å². The fourth-order valence-electron chi connectivity index (χ4n) is 0.557. The van der Waals surface area contributed by atoms with Gasteiger partial charge in [-0.3, -0.25) is 16.5 Å². The van der Waals surface area contributed by atoms with E-state index >= 15 is 0 Å². The van der Waals surface area contributed by atoms with Crippen LogP contribution in [0.5, 0.6) is 0 Å². The first-order valence-corrected chi connectivity index (χ1v) is 12.9. The van der Waals surface area contributed by atoms with Gasteiger partial charge in [0.1, 0.15) is 5.33 Å². The maximum atomic E-state index is 10.4. The molecule has 4 nitrogen and oxygen atoms in total. The molecule has 0 atom stereocenters. The SMILES string of the molecule is CC(C)OC(=O)CBr.[CH2-]C(=O)OC(C)C.[Zn+][Br]. The van der Waals surface area contributed by atoms with E-state index < -0.39 is 5.97 Å². The van der Waals surface area contributed by atoms with E-state index in [-0.39, 0.29) is 23.5 Å². The van der Waals surface area contributed by atoms with E-state index in [1.807, 2.05) is 13.8 Å². The summed E-state index contributed by atoms with van der Waals surface area (Å²) in [6.07, 6.45) is -0.0370. The molecular formula is C10H18Br2O4Zn. The minimum atomic E-state index is -0.463. The van der Waals surface area contributed by atoms with Crippen molar-refractivity contribution in [2.24, 2.45) is 0 Å². The molecule has 0 bridgehead atoms. The molecule has 0 aromatic heterocycles. The molecule has 0 amide bonds. The summed E-state index contributed by atoms with van der Waals surface area (Å²) in [6.45, 7) is 10.2. The summed E-state index contributed by atoms with van der Waals surface area (Å²) in [5, 5.41) is 0.283. The predicted octanol–water partition coefficient (Wildman–Crippen LogP) is 2.95. The van der Waals surface area contributed by atoms with Gasteiger partial charge in [-0.2, -0.15) is 0 Å². The first kappa shape index (κ1) is 22.6. The second kappa shape index (κ2) is 16.4. The fourth-order valence-corrected chi connectivity index (χ4v) is 0.689. The number of esters is 2. The van der Waals surface area contributed by atoms with Crippen LogP contribution in [-0.2, 0) is 35.4 Å². The average molecular weight is 427 g/mol. The molecule has 0 rings (SSSR count). The van der Waals surface area contributed by atoms with Gasteiger partial charge in [-0.15, -0.1) is 0 Å². The number of carbonyl (C=O) groups excluding carboxylic acids is 2. The van der Waals surface area contributed by atoms with Gasteiger partial charge in [0, 0.05) is 0 Å². The van der Waals surface area contributed by atoms with Gasteiger partial charge in [0.2, 0.25) is 0 Å². The Morgan fingerprint density at radius 3 is 1.53 bits per heavy atom. The van der Waals surface area contributed by atoms with Crippen molar-refractivity contribution in [2.75, 3.05) is 5.33 Å². The molecule has 0 aliphatic rings. The van der Waals surface area contributed by atoms with E-state index in [2.05, 4.69) is 41.2 Å². The monoisotopic (exact) mass is 424 g/mol. The van der Waals surface area contributed by atoms with Gasteiger partial charge in [-0.25, -0.2) is 0 Å². The molecule has 0 fully saturated rings. The summed E-state index contributed by atoms with van der Waals surface area (Å²) in [4.78, 5) is 20.3. The Bertz CT molecular complexity index is 199. The van der Waals surface area contributed by atoms with Crippen molar-refractivity contribution in [3.05, 3.63) is 6.92 Å². The minimum absolute atomic E-state index is 0.0000463. The molecule has 0 aliphatic carbocycles. The van der Waals surface area contributed by atoms with Crippen molar-refractivity contribution >= 4 is 41.5 Å². The zero-order valence-electron chi connectivity index (χ0n) is 10.7. The third-order valence-corrected chi connectivity index (χ3v) is 1.30. The van der Waals surface area contributed by atoms with E-state index in [9.17, 15) is 9.59 Å². The number of halogens is 2. The molecule has 0 heterocycles. The van der Waals surface area contributed by atoms with E-state index in [1.54, 1.807) is 13.8 Å². The number of hydrogen-bond acceptors (Lipinski definition) is 4. The molecule has 0 saturated heterocycles. The van der Waals surface area contributed by atoms with Crippen molar-refractivity contribution in [2.45, 2.75) is 39.9 Å². The predicted molar refractivity (Wildman–Crippen MR) is 70.5 cm³/mol.